The number of allylic oxidation sites excluding steroid dienone is 1. The number of benzene rings is 1. The average molecular weight is 259 g/mol. The lowest BCUT2D eigenvalue weighted by atomic mass is 9.91. The molecule has 0 unspecified atom stereocenters. The topological polar surface area (TPSA) is 81.5 Å². The fourth-order valence-electron chi connectivity index (χ4n) is 2.04. The summed E-state index contributed by atoms with van der Waals surface area (Å²) in [7, 11) is 0. The van der Waals surface area contributed by atoms with Gasteiger partial charge in [0.15, 0.2) is 5.96 Å². The lowest BCUT2D eigenvalue weighted by Crippen LogP contribution is -2.23. The Kier molecular flexibility index (Phi) is 4.48. The summed E-state index contributed by atoms with van der Waals surface area (Å²) in [6.07, 6.45) is 1.45. The third-order valence-electron chi connectivity index (χ3n) is 3.49. The molecule has 1 amide bonds. The first-order valence-electron chi connectivity index (χ1n) is 6.13. The third-order valence-corrected chi connectivity index (χ3v) is 3.49. The smallest absolute Gasteiger partial charge is 0.273 e. The summed E-state index contributed by atoms with van der Waals surface area (Å²) in [6, 6.07) is 2.09. The minimum Gasteiger partial charge on any atom is -0.370 e. The van der Waals surface area contributed by atoms with Crippen molar-refractivity contribution in [1.82, 2.24) is 0 Å². The highest BCUT2D eigenvalue weighted by molar-refractivity contribution is 6.01. The van der Waals surface area contributed by atoms with Gasteiger partial charge in [0.05, 0.1) is 0 Å². The molecule has 0 aliphatic heterocycles. The molecule has 0 radical (unpaired) electrons. The molecule has 0 spiro atoms. The van der Waals surface area contributed by atoms with Gasteiger partial charge in [-0.15, -0.1) is 0 Å². The van der Waals surface area contributed by atoms with E-state index in [-0.39, 0.29) is 5.96 Å². The van der Waals surface area contributed by atoms with Crippen LogP contribution in [0.4, 0.5) is 0 Å². The summed E-state index contributed by atoms with van der Waals surface area (Å²) in [5, 5.41) is 0. The van der Waals surface area contributed by atoms with Gasteiger partial charge < -0.3 is 11.5 Å². The minimum absolute atomic E-state index is 0.220. The summed E-state index contributed by atoms with van der Waals surface area (Å²) in [4.78, 5) is 15.1. The second-order valence-electron chi connectivity index (χ2n) is 4.82. The predicted octanol–water partition coefficient (Wildman–Crippen LogP) is 2.12. The predicted molar refractivity (Wildman–Crippen MR) is 79.9 cm³/mol. The molecular formula is C15H21N3O. The van der Waals surface area contributed by atoms with Crippen LogP contribution in [0.25, 0.3) is 5.57 Å². The molecule has 0 heterocycles. The maximum Gasteiger partial charge on any atom is 0.273 e. The van der Waals surface area contributed by atoms with Gasteiger partial charge in [-0.05, 0) is 68.0 Å². The van der Waals surface area contributed by atoms with E-state index in [4.69, 9.17) is 11.5 Å². The molecule has 0 saturated carbocycles. The summed E-state index contributed by atoms with van der Waals surface area (Å²) < 4.78 is 0. The Morgan fingerprint density at radius 2 is 1.68 bits per heavy atom. The van der Waals surface area contributed by atoms with Gasteiger partial charge in [-0.2, -0.15) is 4.99 Å². The van der Waals surface area contributed by atoms with E-state index in [0.717, 1.165) is 11.1 Å². The Hall–Kier alpha value is -2.10. The third kappa shape index (κ3) is 3.44. The van der Waals surface area contributed by atoms with Gasteiger partial charge in [-0.25, -0.2) is 0 Å². The number of amides is 1. The quantitative estimate of drug-likeness (QED) is 0.485. The number of hydrogen-bond donors (Lipinski definition) is 2. The normalized spacial score (nSPS) is 11.3. The van der Waals surface area contributed by atoms with Crippen molar-refractivity contribution in [3.8, 4) is 0 Å². The zero-order valence-electron chi connectivity index (χ0n) is 12.2. The molecule has 1 rings (SSSR count). The number of hydrogen-bond acceptors (Lipinski definition) is 1. The minimum atomic E-state index is -0.437. The van der Waals surface area contributed by atoms with Crippen LogP contribution in [-0.4, -0.2) is 11.9 Å². The Labute approximate surface area is 114 Å². The number of carbonyl (C=O) groups is 1. The molecular weight excluding hydrogens is 238 g/mol. The number of carbonyl (C=O) groups excluding carboxylic acids is 1. The van der Waals surface area contributed by atoms with E-state index in [9.17, 15) is 4.79 Å². The zero-order chi connectivity index (χ0) is 14.7. The highest BCUT2D eigenvalue weighted by Gasteiger charge is 2.09. The largest absolute Gasteiger partial charge is 0.370 e. The van der Waals surface area contributed by atoms with E-state index >= 15 is 0 Å². The van der Waals surface area contributed by atoms with Crippen LogP contribution in [0, 0.1) is 27.7 Å². The molecule has 0 aliphatic carbocycles. The Morgan fingerprint density at radius 1 is 1.11 bits per heavy atom. The van der Waals surface area contributed by atoms with Crippen molar-refractivity contribution >= 4 is 17.4 Å². The summed E-state index contributed by atoms with van der Waals surface area (Å²) in [6.45, 7) is 10.2. The van der Waals surface area contributed by atoms with Crippen LogP contribution in [0.15, 0.2) is 17.1 Å². The monoisotopic (exact) mass is 259 g/mol. The van der Waals surface area contributed by atoms with E-state index in [1.54, 1.807) is 0 Å². The van der Waals surface area contributed by atoms with Gasteiger partial charge in [0.25, 0.3) is 5.91 Å². The molecule has 0 bridgehead atoms. The van der Waals surface area contributed by atoms with Gasteiger partial charge in [0.2, 0.25) is 0 Å². The van der Waals surface area contributed by atoms with Crippen LogP contribution in [0.2, 0.25) is 0 Å². The highest BCUT2D eigenvalue weighted by atomic mass is 16.1. The lowest BCUT2D eigenvalue weighted by Gasteiger charge is -2.14. The van der Waals surface area contributed by atoms with Crippen LogP contribution in [-0.2, 0) is 4.79 Å². The van der Waals surface area contributed by atoms with Gasteiger partial charge in [0.1, 0.15) is 0 Å². The van der Waals surface area contributed by atoms with Crippen LogP contribution >= 0.6 is 0 Å². The van der Waals surface area contributed by atoms with Crippen molar-refractivity contribution in [2.75, 3.05) is 0 Å². The van der Waals surface area contributed by atoms with Crippen molar-refractivity contribution in [3.05, 3.63) is 40.0 Å². The molecule has 19 heavy (non-hydrogen) atoms. The standard InChI is InChI=1S/C15H21N3O/c1-8-6-13(12(5)11(4)10(8)3)9(2)7-14(19)18-15(16)17/h6-7H,1-5H3,(H4,16,17,18,19). The zero-order valence-corrected chi connectivity index (χ0v) is 12.2. The second kappa shape index (κ2) is 5.69. The summed E-state index contributed by atoms with van der Waals surface area (Å²) in [5.74, 6) is -0.658. The number of aryl methyl sites for hydroxylation is 1. The fraction of sp³-hybridized carbons (Fsp3) is 0.333. The van der Waals surface area contributed by atoms with Gasteiger partial charge in [-0.3, -0.25) is 4.79 Å². The molecule has 0 atom stereocenters. The van der Waals surface area contributed by atoms with Crippen LogP contribution in [0.1, 0.15) is 34.7 Å². The van der Waals surface area contributed by atoms with E-state index in [1.165, 1.54) is 28.3 Å². The number of nitrogens with two attached hydrogens (primary N) is 2. The van der Waals surface area contributed by atoms with E-state index in [2.05, 4.69) is 38.8 Å². The molecule has 4 N–H and O–H groups in total. The molecule has 102 valence electrons. The molecule has 0 fully saturated rings. The first-order chi connectivity index (χ1) is 8.73. The summed E-state index contributed by atoms with van der Waals surface area (Å²) >= 11 is 0. The van der Waals surface area contributed by atoms with Gasteiger partial charge >= 0.3 is 0 Å². The molecule has 0 aliphatic rings. The Bertz CT molecular complexity index is 580. The van der Waals surface area contributed by atoms with E-state index < -0.39 is 5.91 Å². The first-order valence-corrected chi connectivity index (χ1v) is 6.13. The SMILES string of the molecule is CC(=CC(=O)N=C(N)N)c1cc(C)c(C)c(C)c1C. The Morgan fingerprint density at radius 3 is 2.21 bits per heavy atom. The van der Waals surface area contributed by atoms with Gasteiger partial charge in [-0.1, -0.05) is 6.07 Å². The maximum atomic E-state index is 11.6. The average Bonchev–Trinajstić information content (AvgIpc) is 2.29. The lowest BCUT2D eigenvalue weighted by molar-refractivity contribution is -0.113. The fourth-order valence-corrected chi connectivity index (χ4v) is 2.04. The molecule has 4 nitrogen and oxygen atoms in total. The highest BCUT2D eigenvalue weighted by Crippen LogP contribution is 2.26. The molecule has 4 heteroatoms. The second-order valence-corrected chi connectivity index (χ2v) is 4.82. The van der Waals surface area contributed by atoms with Crippen molar-refractivity contribution in [2.45, 2.75) is 34.6 Å². The maximum absolute atomic E-state index is 11.6. The van der Waals surface area contributed by atoms with E-state index in [1.807, 2.05) is 6.92 Å². The first kappa shape index (κ1) is 15.0. The van der Waals surface area contributed by atoms with Crippen molar-refractivity contribution < 1.29 is 4.79 Å². The van der Waals surface area contributed by atoms with Crippen LogP contribution in [0.3, 0.4) is 0 Å². The van der Waals surface area contributed by atoms with Crippen LogP contribution < -0.4 is 11.5 Å². The Balaban J connectivity index is 3.28. The van der Waals surface area contributed by atoms with Crippen molar-refractivity contribution in [1.29, 1.82) is 0 Å². The summed E-state index contributed by atoms with van der Waals surface area (Å²) in [5.41, 5.74) is 17.2. The number of rotatable bonds is 2. The molecule has 1 aromatic carbocycles. The number of nitrogens with zero attached hydrogens (tertiary/aromatic N) is 1. The van der Waals surface area contributed by atoms with Crippen molar-refractivity contribution in [3.63, 3.8) is 0 Å². The number of aliphatic imine (C=N–C) groups is 1. The van der Waals surface area contributed by atoms with E-state index in [0.29, 0.717) is 0 Å². The molecule has 1 aromatic rings. The van der Waals surface area contributed by atoms with Crippen LogP contribution in [0.5, 0.6) is 0 Å². The molecule has 0 aromatic heterocycles. The van der Waals surface area contributed by atoms with Gasteiger partial charge in [0, 0.05) is 6.08 Å². The number of guanidine groups is 1. The molecule has 0 saturated heterocycles. The van der Waals surface area contributed by atoms with Crippen molar-refractivity contribution in [2.24, 2.45) is 16.5 Å².